The van der Waals surface area contributed by atoms with Crippen molar-refractivity contribution < 1.29 is 9.18 Å². The Labute approximate surface area is 152 Å². The lowest BCUT2D eigenvalue weighted by atomic mass is 9.98. The summed E-state index contributed by atoms with van der Waals surface area (Å²) in [5, 5.41) is 0. The molecule has 1 saturated heterocycles. The van der Waals surface area contributed by atoms with E-state index in [1.807, 2.05) is 4.90 Å². The standard InChI is InChI=1S/C20H23FN4O/c21-15-9-7-13(8-10-15)16-12-23-20(22)24-18(16)17-6-3-11-25(17)19(26)14-4-1-2-5-14/h7-10,12,14,17H,1-6,11H2,(H2,22,23,24). The van der Waals surface area contributed by atoms with Crippen molar-refractivity contribution in [2.45, 2.75) is 44.6 Å². The van der Waals surface area contributed by atoms with Gasteiger partial charge in [0.15, 0.2) is 0 Å². The predicted molar refractivity (Wildman–Crippen MR) is 97.5 cm³/mol. The van der Waals surface area contributed by atoms with Crippen LogP contribution in [-0.4, -0.2) is 27.3 Å². The van der Waals surface area contributed by atoms with E-state index in [1.165, 1.54) is 12.1 Å². The summed E-state index contributed by atoms with van der Waals surface area (Å²) >= 11 is 0. The quantitative estimate of drug-likeness (QED) is 0.912. The van der Waals surface area contributed by atoms with E-state index in [0.29, 0.717) is 0 Å². The maximum Gasteiger partial charge on any atom is 0.226 e. The zero-order valence-electron chi connectivity index (χ0n) is 14.7. The van der Waals surface area contributed by atoms with Crippen LogP contribution < -0.4 is 5.73 Å². The number of benzene rings is 1. The van der Waals surface area contributed by atoms with Crippen LogP contribution in [0, 0.1) is 11.7 Å². The van der Waals surface area contributed by atoms with Gasteiger partial charge in [-0.2, -0.15) is 0 Å². The van der Waals surface area contributed by atoms with Crippen molar-refractivity contribution in [1.29, 1.82) is 0 Å². The molecule has 2 heterocycles. The maximum absolute atomic E-state index is 13.3. The second-order valence-electron chi connectivity index (χ2n) is 7.21. The summed E-state index contributed by atoms with van der Waals surface area (Å²) in [6.07, 6.45) is 7.74. The Bertz CT molecular complexity index is 802. The van der Waals surface area contributed by atoms with Gasteiger partial charge in [0, 0.05) is 24.2 Å². The molecule has 26 heavy (non-hydrogen) atoms. The Morgan fingerprint density at radius 2 is 1.85 bits per heavy atom. The summed E-state index contributed by atoms with van der Waals surface area (Å²) in [7, 11) is 0. The average Bonchev–Trinajstić information content (AvgIpc) is 3.34. The zero-order chi connectivity index (χ0) is 18.1. The van der Waals surface area contributed by atoms with E-state index < -0.39 is 0 Å². The smallest absolute Gasteiger partial charge is 0.226 e. The van der Waals surface area contributed by atoms with Gasteiger partial charge in [0.25, 0.3) is 0 Å². The fourth-order valence-corrected chi connectivity index (χ4v) is 4.24. The SMILES string of the molecule is Nc1ncc(-c2ccc(F)cc2)c(C2CCCN2C(=O)C2CCCC2)n1. The Morgan fingerprint density at radius 1 is 1.12 bits per heavy atom. The summed E-state index contributed by atoms with van der Waals surface area (Å²) in [6.45, 7) is 0.757. The topological polar surface area (TPSA) is 72.1 Å². The molecule has 6 heteroatoms. The minimum atomic E-state index is -0.287. The van der Waals surface area contributed by atoms with Crippen molar-refractivity contribution in [3.63, 3.8) is 0 Å². The number of nitrogens with two attached hydrogens (primary N) is 1. The number of likely N-dealkylation sites (tertiary alicyclic amines) is 1. The van der Waals surface area contributed by atoms with Gasteiger partial charge in [-0.25, -0.2) is 14.4 Å². The van der Waals surface area contributed by atoms with Gasteiger partial charge < -0.3 is 10.6 Å². The van der Waals surface area contributed by atoms with Crippen LogP contribution in [-0.2, 0) is 4.79 Å². The Hall–Kier alpha value is -2.50. The predicted octanol–water partition coefficient (Wildman–Crippen LogP) is 3.72. The number of nitrogen functional groups attached to an aromatic ring is 1. The van der Waals surface area contributed by atoms with E-state index in [1.54, 1.807) is 18.3 Å². The van der Waals surface area contributed by atoms with Gasteiger partial charge in [-0.05, 0) is 43.4 Å². The van der Waals surface area contributed by atoms with Crippen LogP contribution in [0.3, 0.4) is 0 Å². The third kappa shape index (κ3) is 3.16. The first-order chi connectivity index (χ1) is 12.6. The highest BCUT2D eigenvalue weighted by Gasteiger charge is 2.36. The zero-order valence-corrected chi connectivity index (χ0v) is 14.7. The largest absolute Gasteiger partial charge is 0.368 e. The van der Waals surface area contributed by atoms with Crippen LogP contribution in [0.4, 0.5) is 10.3 Å². The molecule has 0 bridgehead atoms. The molecule has 0 spiro atoms. The summed E-state index contributed by atoms with van der Waals surface area (Å²) < 4.78 is 13.3. The Balaban J connectivity index is 1.70. The minimum Gasteiger partial charge on any atom is -0.368 e. The number of aromatic nitrogens is 2. The molecule has 1 aromatic heterocycles. The average molecular weight is 354 g/mol. The van der Waals surface area contributed by atoms with E-state index >= 15 is 0 Å². The molecule has 1 atom stereocenters. The normalized spacial score (nSPS) is 20.7. The first-order valence-electron chi connectivity index (χ1n) is 9.32. The molecule has 5 nitrogen and oxygen atoms in total. The molecule has 136 valence electrons. The first-order valence-corrected chi connectivity index (χ1v) is 9.32. The number of amides is 1. The van der Waals surface area contributed by atoms with Gasteiger partial charge >= 0.3 is 0 Å². The first kappa shape index (κ1) is 16.9. The van der Waals surface area contributed by atoms with Gasteiger partial charge in [-0.15, -0.1) is 0 Å². The number of hydrogen-bond donors (Lipinski definition) is 1. The molecule has 0 radical (unpaired) electrons. The number of hydrogen-bond acceptors (Lipinski definition) is 4. The fourth-order valence-electron chi connectivity index (χ4n) is 4.24. The molecule has 4 rings (SSSR count). The van der Waals surface area contributed by atoms with Crippen LogP contribution in [0.15, 0.2) is 30.5 Å². The maximum atomic E-state index is 13.3. The second kappa shape index (κ2) is 7.02. The Kier molecular flexibility index (Phi) is 4.57. The van der Waals surface area contributed by atoms with Crippen LogP contribution in [0.1, 0.15) is 50.3 Å². The number of nitrogens with zero attached hydrogens (tertiary/aromatic N) is 3. The number of carbonyl (C=O) groups is 1. The lowest BCUT2D eigenvalue weighted by molar-refractivity contribution is -0.136. The van der Waals surface area contributed by atoms with Crippen molar-refractivity contribution in [2.24, 2.45) is 5.92 Å². The van der Waals surface area contributed by atoms with E-state index in [4.69, 9.17) is 5.73 Å². The number of rotatable bonds is 3. The van der Waals surface area contributed by atoms with Crippen molar-refractivity contribution >= 4 is 11.9 Å². The van der Waals surface area contributed by atoms with Crippen molar-refractivity contribution in [1.82, 2.24) is 14.9 Å². The summed E-state index contributed by atoms with van der Waals surface area (Å²) in [5.41, 5.74) is 8.28. The van der Waals surface area contributed by atoms with Gasteiger partial charge in [-0.1, -0.05) is 25.0 Å². The Morgan fingerprint density at radius 3 is 2.58 bits per heavy atom. The van der Waals surface area contributed by atoms with E-state index in [0.717, 1.165) is 61.9 Å². The van der Waals surface area contributed by atoms with Crippen molar-refractivity contribution in [3.05, 3.63) is 42.0 Å². The third-order valence-electron chi connectivity index (χ3n) is 5.55. The summed E-state index contributed by atoms with van der Waals surface area (Å²) in [4.78, 5) is 23.6. The minimum absolute atomic E-state index is 0.0894. The molecule has 1 saturated carbocycles. The lowest BCUT2D eigenvalue weighted by Gasteiger charge is -2.28. The number of anilines is 1. The van der Waals surface area contributed by atoms with Crippen LogP contribution in [0.2, 0.25) is 0 Å². The van der Waals surface area contributed by atoms with Crippen molar-refractivity contribution in [2.75, 3.05) is 12.3 Å². The molecular formula is C20H23FN4O. The summed E-state index contributed by atoms with van der Waals surface area (Å²) in [6, 6.07) is 6.18. The highest BCUT2D eigenvalue weighted by molar-refractivity contribution is 5.80. The molecule has 2 fully saturated rings. The lowest BCUT2D eigenvalue weighted by Crippen LogP contribution is -2.35. The molecule has 1 amide bonds. The highest BCUT2D eigenvalue weighted by Crippen LogP contribution is 2.39. The second-order valence-corrected chi connectivity index (χ2v) is 7.21. The van der Waals surface area contributed by atoms with E-state index in [9.17, 15) is 9.18 Å². The van der Waals surface area contributed by atoms with E-state index in [2.05, 4.69) is 9.97 Å². The molecule has 2 N–H and O–H groups in total. The molecule has 1 aliphatic heterocycles. The molecule has 1 aromatic carbocycles. The van der Waals surface area contributed by atoms with Crippen LogP contribution >= 0.6 is 0 Å². The number of halogens is 1. The van der Waals surface area contributed by atoms with E-state index in [-0.39, 0.29) is 29.6 Å². The van der Waals surface area contributed by atoms with Crippen LogP contribution in [0.5, 0.6) is 0 Å². The molecule has 2 aromatic rings. The van der Waals surface area contributed by atoms with Gasteiger partial charge in [0.2, 0.25) is 11.9 Å². The number of carbonyl (C=O) groups excluding carboxylic acids is 1. The van der Waals surface area contributed by atoms with Gasteiger partial charge in [-0.3, -0.25) is 4.79 Å². The molecular weight excluding hydrogens is 331 g/mol. The molecule has 2 aliphatic rings. The molecule has 1 unspecified atom stereocenters. The van der Waals surface area contributed by atoms with Crippen molar-refractivity contribution in [3.8, 4) is 11.1 Å². The third-order valence-corrected chi connectivity index (χ3v) is 5.55. The van der Waals surface area contributed by atoms with Gasteiger partial charge in [0.1, 0.15) is 5.82 Å². The van der Waals surface area contributed by atoms with Crippen LogP contribution in [0.25, 0.3) is 11.1 Å². The highest BCUT2D eigenvalue weighted by atomic mass is 19.1. The molecule has 1 aliphatic carbocycles. The fraction of sp³-hybridized carbons (Fsp3) is 0.450. The summed E-state index contributed by atoms with van der Waals surface area (Å²) in [5.74, 6) is 0.299. The monoisotopic (exact) mass is 354 g/mol. The van der Waals surface area contributed by atoms with Gasteiger partial charge in [0.05, 0.1) is 11.7 Å².